The van der Waals surface area contributed by atoms with Gasteiger partial charge in [0.05, 0.1) is 10.5 Å². The van der Waals surface area contributed by atoms with Crippen molar-refractivity contribution in [1.29, 1.82) is 0 Å². The molecule has 0 saturated carbocycles. The molecule has 0 fully saturated rings. The van der Waals surface area contributed by atoms with Crippen LogP contribution in [0.2, 0.25) is 0 Å². The van der Waals surface area contributed by atoms with Crippen LogP contribution >= 0.6 is 0 Å². The molecule has 0 aliphatic carbocycles. The summed E-state index contributed by atoms with van der Waals surface area (Å²) in [6.45, 7) is 0. The van der Waals surface area contributed by atoms with E-state index in [0.717, 1.165) is 30.3 Å². The van der Waals surface area contributed by atoms with Crippen LogP contribution in [-0.4, -0.2) is 19.5 Å². The zero-order valence-electron chi connectivity index (χ0n) is 13.0. The Balaban J connectivity index is 2.22. The predicted molar refractivity (Wildman–Crippen MR) is 87.7 cm³/mol. The van der Waals surface area contributed by atoms with Gasteiger partial charge in [0.25, 0.3) is 15.9 Å². The molecule has 10 heteroatoms. The van der Waals surface area contributed by atoms with Crippen molar-refractivity contribution in [1.82, 2.24) is 5.48 Å². The van der Waals surface area contributed by atoms with Gasteiger partial charge in [0.1, 0.15) is 0 Å². The molecule has 0 aromatic heterocycles. The summed E-state index contributed by atoms with van der Waals surface area (Å²) in [6.07, 6.45) is -2.24. The normalized spacial score (nSPS) is 12.2. The van der Waals surface area contributed by atoms with Crippen LogP contribution < -0.4 is 10.2 Å². The molecule has 0 atom stereocenters. The third kappa shape index (κ3) is 5.07. The van der Waals surface area contributed by atoms with E-state index in [2.05, 4.69) is 4.72 Å². The lowest BCUT2D eigenvalue weighted by Gasteiger charge is -2.10. The number of hydrogen-bond acceptors (Lipinski definition) is 4. The zero-order valence-corrected chi connectivity index (χ0v) is 13.8. The standard InChI is InChI=1S/C16H13F3N2O4S/c17-16(18,19)12-5-7-13(8-6-12)21-26(24,25)14-3-1-2-11(10-14)4-9-15(22)20-23/h1-10,21,23H,(H,20,22)/b9-4+. The van der Waals surface area contributed by atoms with Gasteiger partial charge in [0, 0.05) is 11.8 Å². The number of carbonyl (C=O) groups excluding carboxylic acids is 1. The minimum Gasteiger partial charge on any atom is -0.288 e. The Morgan fingerprint density at radius 3 is 2.31 bits per heavy atom. The van der Waals surface area contributed by atoms with Gasteiger partial charge in [-0.05, 0) is 48.0 Å². The van der Waals surface area contributed by atoms with Gasteiger partial charge < -0.3 is 0 Å². The van der Waals surface area contributed by atoms with Crippen LogP contribution in [-0.2, 0) is 21.0 Å². The second-order valence-corrected chi connectivity index (χ2v) is 6.74. The fourth-order valence-electron chi connectivity index (χ4n) is 1.94. The number of nitrogens with one attached hydrogen (secondary N) is 2. The van der Waals surface area contributed by atoms with Crippen molar-refractivity contribution in [3.63, 3.8) is 0 Å². The first kappa shape index (κ1) is 19.5. The molecule has 0 unspecified atom stereocenters. The Hall–Kier alpha value is -2.85. The van der Waals surface area contributed by atoms with Gasteiger partial charge in [-0.2, -0.15) is 13.2 Å². The fourth-order valence-corrected chi connectivity index (χ4v) is 3.05. The first-order chi connectivity index (χ1) is 12.1. The van der Waals surface area contributed by atoms with Crippen LogP contribution in [0, 0.1) is 0 Å². The molecule has 6 nitrogen and oxygen atoms in total. The summed E-state index contributed by atoms with van der Waals surface area (Å²) in [5, 5.41) is 8.40. The number of amides is 1. The number of halogens is 3. The van der Waals surface area contributed by atoms with Gasteiger partial charge in [0.2, 0.25) is 0 Å². The van der Waals surface area contributed by atoms with Crippen molar-refractivity contribution < 1.29 is 31.6 Å². The molecule has 0 aliphatic heterocycles. The van der Waals surface area contributed by atoms with E-state index in [1.54, 1.807) is 0 Å². The summed E-state index contributed by atoms with van der Waals surface area (Å²) >= 11 is 0. The number of rotatable bonds is 5. The molecule has 0 heterocycles. The Morgan fingerprint density at radius 2 is 1.73 bits per heavy atom. The molecule has 0 saturated heterocycles. The average molecular weight is 386 g/mol. The Labute approximate surface area is 147 Å². The molecular weight excluding hydrogens is 373 g/mol. The van der Waals surface area contributed by atoms with Gasteiger partial charge in [-0.15, -0.1) is 0 Å². The van der Waals surface area contributed by atoms with Crippen molar-refractivity contribution in [3.8, 4) is 0 Å². The third-order valence-corrected chi connectivity index (χ3v) is 4.55. The first-order valence-corrected chi connectivity index (χ1v) is 8.52. The Kier molecular flexibility index (Phi) is 5.68. The maximum atomic E-state index is 12.5. The molecule has 1 amide bonds. The van der Waals surface area contributed by atoms with Crippen molar-refractivity contribution >= 4 is 27.7 Å². The summed E-state index contributed by atoms with van der Waals surface area (Å²) in [4.78, 5) is 10.8. The number of benzene rings is 2. The van der Waals surface area contributed by atoms with Gasteiger partial charge in [-0.25, -0.2) is 13.9 Å². The molecule has 0 bridgehead atoms. The van der Waals surface area contributed by atoms with E-state index in [1.807, 2.05) is 0 Å². The van der Waals surface area contributed by atoms with E-state index in [1.165, 1.54) is 35.8 Å². The van der Waals surface area contributed by atoms with E-state index in [-0.39, 0.29) is 10.6 Å². The highest BCUT2D eigenvalue weighted by Gasteiger charge is 2.30. The number of sulfonamides is 1. The van der Waals surface area contributed by atoms with E-state index < -0.39 is 27.7 Å². The lowest BCUT2D eigenvalue weighted by molar-refractivity contribution is -0.137. The van der Waals surface area contributed by atoms with E-state index >= 15 is 0 Å². The Morgan fingerprint density at radius 1 is 1.08 bits per heavy atom. The van der Waals surface area contributed by atoms with Crippen LogP contribution in [0.4, 0.5) is 18.9 Å². The lowest BCUT2D eigenvalue weighted by atomic mass is 10.2. The average Bonchev–Trinajstić information content (AvgIpc) is 2.59. The predicted octanol–water partition coefficient (Wildman–Crippen LogP) is 3.02. The maximum absolute atomic E-state index is 12.5. The largest absolute Gasteiger partial charge is 0.416 e. The number of hydrogen-bond donors (Lipinski definition) is 3. The van der Waals surface area contributed by atoms with Crippen molar-refractivity contribution in [2.24, 2.45) is 0 Å². The van der Waals surface area contributed by atoms with Crippen LogP contribution in [0.5, 0.6) is 0 Å². The quantitative estimate of drug-likeness (QED) is 0.418. The molecule has 0 spiro atoms. The van der Waals surface area contributed by atoms with Crippen molar-refractivity contribution in [3.05, 3.63) is 65.7 Å². The highest BCUT2D eigenvalue weighted by molar-refractivity contribution is 7.92. The highest BCUT2D eigenvalue weighted by atomic mass is 32.2. The lowest BCUT2D eigenvalue weighted by Crippen LogP contribution is -2.15. The minimum absolute atomic E-state index is 0.0291. The molecule has 2 aromatic rings. The van der Waals surface area contributed by atoms with Crippen molar-refractivity contribution in [2.45, 2.75) is 11.1 Å². The van der Waals surface area contributed by atoms with Crippen LogP contribution in [0.25, 0.3) is 6.08 Å². The molecule has 0 aliphatic rings. The van der Waals surface area contributed by atoms with Crippen LogP contribution in [0.1, 0.15) is 11.1 Å². The molecular formula is C16H13F3N2O4S. The molecule has 3 N–H and O–H groups in total. The summed E-state index contributed by atoms with van der Waals surface area (Å²) in [5.41, 5.74) is 0.833. The number of carbonyl (C=O) groups is 1. The topological polar surface area (TPSA) is 95.5 Å². The molecule has 2 aromatic carbocycles. The molecule has 138 valence electrons. The summed E-state index contributed by atoms with van der Waals surface area (Å²) < 4.78 is 64.5. The molecule has 26 heavy (non-hydrogen) atoms. The van der Waals surface area contributed by atoms with Crippen LogP contribution in [0.3, 0.4) is 0 Å². The second kappa shape index (κ2) is 7.58. The summed E-state index contributed by atoms with van der Waals surface area (Å²) in [5.74, 6) is -0.791. The number of hydroxylamine groups is 1. The minimum atomic E-state index is -4.51. The molecule has 0 radical (unpaired) electrons. The van der Waals surface area contributed by atoms with Gasteiger partial charge in [-0.3, -0.25) is 14.7 Å². The van der Waals surface area contributed by atoms with Crippen LogP contribution in [0.15, 0.2) is 59.5 Å². The monoisotopic (exact) mass is 386 g/mol. The van der Waals surface area contributed by atoms with E-state index in [9.17, 15) is 26.4 Å². The molecule has 2 rings (SSSR count). The first-order valence-electron chi connectivity index (χ1n) is 7.04. The maximum Gasteiger partial charge on any atom is 0.416 e. The second-order valence-electron chi connectivity index (χ2n) is 5.06. The highest BCUT2D eigenvalue weighted by Crippen LogP contribution is 2.30. The van der Waals surface area contributed by atoms with E-state index in [4.69, 9.17) is 5.21 Å². The van der Waals surface area contributed by atoms with E-state index in [0.29, 0.717) is 5.56 Å². The van der Waals surface area contributed by atoms with Gasteiger partial charge in [0.15, 0.2) is 0 Å². The fraction of sp³-hybridized carbons (Fsp3) is 0.0625. The van der Waals surface area contributed by atoms with Gasteiger partial charge in [-0.1, -0.05) is 12.1 Å². The number of anilines is 1. The SMILES string of the molecule is O=C(/C=C/c1cccc(S(=O)(=O)Nc2ccc(C(F)(F)F)cc2)c1)NO. The van der Waals surface area contributed by atoms with Crippen molar-refractivity contribution in [2.75, 3.05) is 4.72 Å². The summed E-state index contributed by atoms with van der Waals surface area (Å²) in [7, 11) is -4.04. The number of alkyl halides is 3. The zero-order chi connectivity index (χ0) is 19.4. The Bertz CT molecular complexity index is 923. The van der Waals surface area contributed by atoms with Gasteiger partial charge >= 0.3 is 6.18 Å². The summed E-state index contributed by atoms with van der Waals surface area (Å²) in [6, 6.07) is 9.06. The third-order valence-electron chi connectivity index (χ3n) is 3.17. The smallest absolute Gasteiger partial charge is 0.288 e.